The molecule has 1 aromatic rings. The van der Waals surface area contributed by atoms with Crippen molar-refractivity contribution in [2.24, 2.45) is 0 Å². The van der Waals surface area contributed by atoms with Gasteiger partial charge in [-0.15, -0.1) is 0 Å². The molecule has 0 aliphatic carbocycles. The molecule has 0 saturated carbocycles. The second kappa shape index (κ2) is 8.91. The first-order chi connectivity index (χ1) is 15.2. The number of rotatable bonds is 10. The molecular formula is C19H17F15O. The van der Waals surface area contributed by atoms with Crippen molar-refractivity contribution in [2.45, 2.75) is 80.4 Å². The van der Waals surface area contributed by atoms with E-state index in [1.807, 2.05) is 0 Å². The van der Waals surface area contributed by atoms with Crippen LogP contribution in [0, 0.1) is 0 Å². The summed E-state index contributed by atoms with van der Waals surface area (Å²) >= 11 is 0. The zero-order valence-corrected chi connectivity index (χ0v) is 17.5. The number of hydrogen-bond donors (Lipinski definition) is 1. The Hall–Kier alpha value is -1.87. The largest absolute Gasteiger partial charge is 0.460 e. The van der Waals surface area contributed by atoms with E-state index in [1.165, 1.54) is 6.07 Å². The summed E-state index contributed by atoms with van der Waals surface area (Å²) in [5.41, 5.74) is -3.50. The number of aryl methyl sites for hydroxylation is 1. The summed E-state index contributed by atoms with van der Waals surface area (Å²) in [4.78, 5) is 0. The molecule has 0 saturated heterocycles. The molecule has 0 radical (unpaired) electrons. The van der Waals surface area contributed by atoms with Gasteiger partial charge in [0.25, 0.3) is 0 Å². The molecule has 1 atom stereocenters. The number of aliphatic hydroxyl groups is 1. The first-order valence-corrected chi connectivity index (χ1v) is 9.40. The van der Waals surface area contributed by atoms with Crippen LogP contribution >= 0.6 is 0 Å². The van der Waals surface area contributed by atoms with E-state index >= 15 is 0 Å². The normalized spacial score (nSPS) is 16.9. The minimum atomic E-state index is -8.35. The third-order valence-corrected chi connectivity index (χ3v) is 5.05. The van der Waals surface area contributed by atoms with E-state index in [0.29, 0.717) is 18.9 Å². The monoisotopic (exact) mass is 546 g/mol. The smallest absolute Gasteiger partial charge is 0.385 e. The summed E-state index contributed by atoms with van der Waals surface area (Å²) in [6, 6.07) is 4.31. The minimum Gasteiger partial charge on any atom is -0.385 e. The van der Waals surface area contributed by atoms with Gasteiger partial charge in [0.05, 0.1) is 12.0 Å². The zero-order valence-electron chi connectivity index (χ0n) is 17.5. The maximum atomic E-state index is 14.2. The van der Waals surface area contributed by atoms with E-state index in [1.54, 1.807) is 6.92 Å². The zero-order chi connectivity index (χ0) is 28.1. The van der Waals surface area contributed by atoms with E-state index in [0.717, 1.165) is 18.2 Å². The average Bonchev–Trinajstić information content (AvgIpc) is 2.66. The van der Waals surface area contributed by atoms with Gasteiger partial charge in [0.15, 0.2) is 0 Å². The van der Waals surface area contributed by atoms with Crippen molar-refractivity contribution in [1.82, 2.24) is 0 Å². The van der Waals surface area contributed by atoms with Gasteiger partial charge in [-0.1, -0.05) is 37.6 Å². The van der Waals surface area contributed by atoms with Crippen molar-refractivity contribution >= 4 is 0 Å². The van der Waals surface area contributed by atoms with Crippen molar-refractivity contribution < 1.29 is 71.0 Å². The van der Waals surface area contributed by atoms with Crippen LogP contribution in [-0.4, -0.2) is 46.8 Å². The van der Waals surface area contributed by atoms with Crippen LogP contribution in [0.3, 0.4) is 0 Å². The van der Waals surface area contributed by atoms with Crippen molar-refractivity contribution in [3.63, 3.8) is 0 Å². The van der Waals surface area contributed by atoms with E-state index in [4.69, 9.17) is 0 Å². The van der Waals surface area contributed by atoms with Crippen molar-refractivity contribution in [3.8, 4) is 0 Å². The molecule has 1 nitrogen and oxygen atoms in total. The van der Waals surface area contributed by atoms with Crippen LogP contribution in [-0.2, 0) is 12.0 Å². The first-order valence-electron chi connectivity index (χ1n) is 9.40. The van der Waals surface area contributed by atoms with E-state index in [2.05, 4.69) is 0 Å². The van der Waals surface area contributed by atoms with Crippen LogP contribution in [0.5, 0.6) is 0 Å². The third-order valence-electron chi connectivity index (χ3n) is 5.05. The molecule has 1 N–H and O–H groups in total. The van der Waals surface area contributed by atoms with E-state index < -0.39 is 59.3 Å². The molecule has 1 rings (SSSR count). The van der Waals surface area contributed by atoms with Crippen LogP contribution in [0.1, 0.15) is 37.8 Å². The summed E-state index contributed by atoms with van der Waals surface area (Å²) in [5.74, 6) is -47.0. The number of halogens is 15. The fourth-order valence-electron chi connectivity index (χ4n) is 3.00. The lowest BCUT2D eigenvalue weighted by molar-refractivity contribution is -0.453. The molecule has 0 heterocycles. The van der Waals surface area contributed by atoms with Gasteiger partial charge < -0.3 is 5.11 Å². The van der Waals surface area contributed by atoms with Gasteiger partial charge in [-0.25, -0.2) is 0 Å². The highest BCUT2D eigenvalue weighted by molar-refractivity contribution is 5.29. The number of hydrogen-bond acceptors (Lipinski definition) is 1. The molecule has 0 aliphatic rings. The topological polar surface area (TPSA) is 20.2 Å². The Balaban J connectivity index is 3.52. The second-order valence-corrected chi connectivity index (χ2v) is 7.98. The molecular weight excluding hydrogens is 529 g/mol. The lowest BCUT2D eigenvalue weighted by Gasteiger charge is -2.42. The summed E-state index contributed by atoms with van der Waals surface area (Å²) in [6.45, 7) is 2.00. The Morgan fingerprint density at radius 3 is 1.51 bits per heavy atom. The molecule has 16 heteroatoms. The Morgan fingerprint density at radius 1 is 0.657 bits per heavy atom. The van der Waals surface area contributed by atoms with Gasteiger partial charge >= 0.3 is 41.7 Å². The van der Waals surface area contributed by atoms with Crippen LogP contribution in [0.2, 0.25) is 0 Å². The van der Waals surface area contributed by atoms with Gasteiger partial charge in [-0.2, -0.15) is 65.9 Å². The summed E-state index contributed by atoms with van der Waals surface area (Å²) in [7, 11) is 0. The van der Waals surface area contributed by atoms with E-state index in [9.17, 15) is 71.0 Å². The molecule has 0 fully saturated rings. The van der Waals surface area contributed by atoms with Crippen LogP contribution < -0.4 is 0 Å². The SMILES string of the molecule is CCCc1cccc(C(C)(O)CC(F)(F)C(F)(F)C(F)(F)C(F)(F)C(F)(F)C(F)(F)C(F)(F)F)c1. The molecule has 1 unspecified atom stereocenters. The fraction of sp³-hybridized carbons (Fsp3) is 0.684. The standard InChI is InChI=1S/C19H17F15O/c1-3-5-10-6-4-7-11(8-10)12(2,35)9-13(20,21)14(22,23)15(24,25)16(26,27)17(28,29)18(30,31)19(32,33)34/h4,6-8,35H,3,5,9H2,1-2H3. The molecule has 1 aromatic carbocycles. The summed E-state index contributed by atoms with van der Waals surface area (Å²) < 4.78 is 200. The first kappa shape index (κ1) is 31.2. The molecule has 0 aliphatic heterocycles. The van der Waals surface area contributed by atoms with Crippen molar-refractivity contribution in [3.05, 3.63) is 35.4 Å². The molecule has 0 amide bonds. The Kier molecular flexibility index (Phi) is 7.93. The highest BCUT2D eigenvalue weighted by atomic mass is 19.4. The maximum Gasteiger partial charge on any atom is 0.460 e. The molecule has 0 spiro atoms. The highest BCUT2D eigenvalue weighted by Crippen LogP contribution is 2.63. The average molecular weight is 546 g/mol. The number of alkyl halides is 15. The Labute approximate surface area is 187 Å². The van der Waals surface area contributed by atoms with Crippen LogP contribution in [0.15, 0.2) is 24.3 Å². The third kappa shape index (κ3) is 4.90. The lowest BCUT2D eigenvalue weighted by Crippen LogP contribution is -2.72. The minimum absolute atomic E-state index is 0.253. The van der Waals surface area contributed by atoms with Gasteiger partial charge in [-0.3, -0.25) is 0 Å². The van der Waals surface area contributed by atoms with Gasteiger partial charge in [0, 0.05) is 0 Å². The fourth-order valence-corrected chi connectivity index (χ4v) is 3.00. The van der Waals surface area contributed by atoms with Crippen LogP contribution in [0.25, 0.3) is 0 Å². The highest BCUT2D eigenvalue weighted by Gasteiger charge is 2.93. The van der Waals surface area contributed by atoms with Crippen molar-refractivity contribution in [2.75, 3.05) is 0 Å². The van der Waals surface area contributed by atoms with Crippen LogP contribution in [0.4, 0.5) is 65.9 Å². The van der Waals surface area contributed by atoms with E-state index in [-0.39, 0.29) is 6.42 Å². The van der Waals surface area contributed by atoms with Crippen molar-refractivity contribution in [1.29, 1.82) is 0 Å². The predicted octanol–water partition coefficient (Wildman–Crippen LogP) is 7.61. The molecule has 204 valence electrons. The Bertz CT molecular complexity index is 886. The molecule has 0 bridgehead atoms. The summed E-state index contributed by atoms with van der Waals surface area (Å²) in [5, 5.41) is 10.2. The molecule has 35 heavy (non-hydrogen) atoms. The van der Waals surface area contributed by atoms with Gasteiger partial charge in [-0.05, 0) is 24.5 Å². The quantitative estimate of drug-likeness (QED) is 0.300. The maximum absolute atomic E-state index is 14.2. The summed E-state index contributed by atoms with van der Waals surface area (Å²) in [6.07, 6.45) is -9.78. The predicted molar refractivity (Wildman–Crippen MR) is 90.4 cm³/mol. The Morgan fingerprint density at radius 2 is 1.09 bits per heavy atom. The second-order valence-electron chi connectivity index (χ2n) is 7.98. The van der Waals surface area contributed by atoms with Gasteiger partial charge in [0.1, 0.15) is 0 Å². The lowest BCUT2D eigenvalue weighted by atomic mass is 9.83. The van der Waals surface area contributed by atoms with Gasteiger partial charge in [0.2, 0.25) is 0 Å². The number of benzene rings is 1. The molecule has 0 aromatic heterocycles.